The summed E-state index contributed by atoms with van der Waals surface area (Å²) in [6.07, 6.45) is 1.44. The molecule has 0 heterocycles. The summed E-state index contributed by atoms with van der Waals surface area (Å²) < 4.78 is 0.866. The van der Waals surface area contributed by atoms with Gasteiger partial charge in [0.1, 0.15) is 0 Å². The second-order valence-electron chi connectivity index (χ2n) is 4.47. The van der Waals surface area contributed by atoms with E-state index in [9.17, 15) is 9.59 Å². The van der Waals surface area contributed by atoms with Crippen molar-refractivity contribution in [2.45, 2.75) is 39.2 Å². The van der Waals surface area contributed by atoms with Crippen LogP contribution in [0.3, 0.4) is 0 Å². The predicted molar refractivity (Wildman–Crippen MR) is 77.3 cm³/mol. The number of aliphatic carboxylic acids is 1. The van der Waals surface area contributed by atoms with Crippen molar-refractivity contribution in [1.82, 2.24) is 5.32 Å². The first-order valence-electron chi connectivity index (χ1n) is 6.23. The number of carbonyl (C=O) groups is 2. The summed E-state index contributed by atoms with van der Waals surface area (Å²) in [4.78, 5) is 22.9. The van der Waals surface area contributed by atoms with Crippen molar-refractivity contribution in [2.75, 3.05) is 0 Å². The minimum atomic E-state index is -0.898. The van der Waals surface area contributed by atoms with E-state index in [-0.39, 0.29) is 18.4 Å². The Hall–Kier alpha value is -1.36. The average Bonchev–Trinajstić information content (AvgIpc) is 2.32. The maximum absolute atomic E-state index is 12.2. The standard InChI is InChI=1S/C14H18BrNO3/c1-3-5-10(8-13(17)18)16-14(19)11-6-4-7-12(15)9(11)2/h4,6-7,10H,3,5,8H2,1-2H3,(H,16,19)(H,17,18). The molecule has 0 aliphatic carbocycles. The van der Waals surface area contributed by atoms with Gasteiger partial charge in [-0.1, -0.05) is 35.3 Å². The normalized spacial score (nSPS) is 11.9. The number of rotatable bonds is 6. The zero-order valence-electron chi connectivity index (χ0n) is 11.1. The third-order valence-electron chi connectivity index (χ3n) is 2.91. The van der Waals surface area contributed by atoms with Crippen molar-refractivity contribution in [3.8, 4) is 0 Å². The van der Waals surface area contributed by atoms with Crippen molar-refractivity contribution < 1.29 is 14.7 Å². The fourth-order valence-corrected chi connectivity index (χ4v) is 2.27. The van der Waals surface area contributed by atoms with E-state index in [1.807, 2.05) is 19.9 Å². The third-order valence-corrected chi connectivity index (χ3v) is 3.76. The lowest BCUT2D eigenvalue weighted by atomic mass is 10.1. The predicted octanol–water partition coefficient (Wildman–Crippen LogP) is 3.13. The molecule has 104 valence electrons. The van der Waals surface area contributed by atoms with Gasteiger partial charge in [-0.25, -0.2) is 0 Å². The van der Waals surface area contributed by atoms with E-state index in [0.717, 1.165) is 16.5 Å². The molecule has 0 saturated heterocycles. The molecule has 2 N–H and O–H groups in total. The average molecular weight is 328 g/mol. The third kappa shape index (κ3) is 4.67. The Morgan fingerprint density at radius 2 is 2.11 bits per heavy atom. The number of carboxylic acid groups (broad SMARTS) is 1. The molecule has 1 aromatic carbocycles. The van der Waals surface area contributed by atoms with Crippen LogP contribution in [-0.2, 0) is 4.79 Å². The van der Waals surface area contributed by atoms with E-state index in [4.69, 9.17) is 5.11 Å². The summed E-state index contributed by atoms with van der Waals surface area (Å²) in [5.74, 6) is -1.12. The molecule has 1 amide bonds. The maximum Gasteiger partial charge on any atom is 0.305 e. The molecule has 0 aromatic heterocycles. The van der Waals surface area contributed by atoms with Crippen LogP contribution in [0.4, 0.5) is 0 Å². The Labute approximate surface area is 121 Å². The number of carboxylic acids is 1. The lowest BCUT2D eigenvalue weighted by molar-refractivity contribution is -0.137. The molecule has 0 spiro atoms. The van der Waals surface area contributed by atoms with Crippen LogP contribution in [0.5, 0.6) is 0 Å². The van der Waals surface area contributed by atoms with Gasteiger partial charge in [-0.15, -0.1) is 0 Å². The number of hydrogen-bond donors (Lipinski definition) is 2. The smallest absolute Gasteiger partial charge is 0.305 e. The molecule has 0 radical (unpaired) electrons. The van der Waals surface area contributed by atoms with Crippen LogP contribution in [0.1, 0.15) is 42.1 Å². The molecule has 1 aromatic rings. The van der Waals surface area contributed by atoms with Crippen molar-refractivity contribution in [3.05, 3.63) is 33.8 Å². The van der Waals surface area contributed by atoms with Gasteiger partial charge in [-0.2, -0.15) is 0 Å². The lowest BCUT2D eigenvalue weighted by Gasteiger charge is -2.17. The Morgan fingerprint density at radius 3 is 2.68 bits per heavy atom. The Bertz CT molecular complexity index is 474. The van der Waals surface area contributed by atoms with E-state index in [2.05, 4.69) is 21.2 Å². The number of halogens is 1. The fourth-order valence-electron chi connectivity index (χ4n) is 1.90. The Morgan fingerprint density at radius 1 is 1.42 bits per heavy atom. The van der Waals surface area contributed by atoms with Gasteiger partial charge >= 0.3 is 5.97 Å². The van der Waals surface area contributed by atoms with Crippen molar-refractivity contribution >= 4 is 27.8 Å². The van der Waals surface area contributed by atoms with Crippen molar-refractivity contribution in [2.24, 2.45) is 0 Å². The molecular weight excluding hydrogens is 310 g/mol. The highest BCUT2D eigenvalue weighted by molar-refractivity contribution is 9.10. The number of benzene rings is 1. The highest BCUT2D eigenvalue weighted by atomic mass is 79.9. The second-order valence-corrected chi connectivity index (χ2v) is 5.32. The van der Waals surface area contributed by atoms with Gasteiger partial charge in [0.25, 0.3) is 5.91 Å². The molecule has 1 atom stereocenters. The number of nitrogens with one attached hydrogen (secondary N) is 1. The SMILES string of the molecule is CCCC(CC(=O)O)NC(=O)c1cccc(Br)c1C. The van der Waals surface area contributed by atoms with Gasteiger partial charge in [0.2, 0.25) is 0 Å². The first-order valence-corrected chi connectivity index (χ1v) is 7.02. The first-order chi connectivity index (χ1) is 8.95. The van der Waals surface area contributed by atoms with E-state index >= 15 is 0 Å². The Kier molecular flexibility index (Phi) is 6.02. The summed E-state index contributed by atoms with van der Waals surface area (Å²) in [7, 11) is 0. The zero-order valence-corrected chi connectivity index (χ0v) is 12.7. The van der Waals surface area contributed by atoms with Crippen molar-refractivity contribution in [1.29, 1.82) is 0 Å². The maximum atomic E-state index is 12.2. The molecule has 5 heteroatoms. The number of amides is 1. The summed E-state index contributed by atoms with van der Waals surface area (Å²) >= 11 is 3.38. The largest absolute Gasteiger partial charge is 0.481 e. The molecular formula is C14H18BrNO3. The molecule has 1 unspecified atom stereocenters. The topological polar surface area (TPSA) is 66.4 Å². The lowest BCUT2D eigenvalue weighted by Crippen LogP contribution is -2.36. The van der Waals surface area contributed by atoms with Crippen LogP contribution >= 0.6 is 15.9 Å². The molecule has 4 nitrogen and oxygen atoms in total. The zero-order chi connectivity index (χ0) is 14.4. The van der Waals surface area contributed by atoms with E-state index in [1.54, 1.807) is 12.1 Å². The monoisotopic (exact) mass is 327 g/mol. The summed E-state index contributed by atoms with van der Waals surface area (Å²) in [6.45, 7) is 3.82. The van der Waals surface area contributed by atoms with Gasteiger partial charge in [-0.05, 0) is 31.0 Å². The minimum Gasteiger partial charge on any atom is -0.481 e. The fraction of sp³-hybridized carbons (Fsp3) is 0.429. The highest BCUT2D eigenvalue weighted by Gasteiger charge is 2.17. The van der Waals surface area contributed by atoms with Gasteiger partial charge in [0.05, 0.1) is 6.42 Å². The molecule has 0 aliphatic rings. The van der Waals surface area contributed by atoms with Gasteiger partial charge in [-0.3, -0.25) is 9.59 Å². The molecule has 0 fully saturated rings. The van der Waals surface area contributed by atoms with Crippen molar-refractivity contribution in [3.63, 3.8) is 0 Å². The second kappa shape index (κ2) is 7.28. The molecule has 0 bridgehead atoms. The summed E-state index contributed by atoms with van der Waals surface area (Å²) in [5.41, 5.74) is 1.42. The molecule has 0 saturated carbocycles. The molecule has 1 rings (SSSR count). The van der Waals surface area contributed by atoms with E-state index in [1.165, 1.54) is 0 Å². The van der Waals surface area contributed by atoms with E-state index < -0.39 is 5.97 Å². The highest BCUT2D eigenvalue weighted by Crippen LogP contribution is 2.19. The van der Waals surface area contributed by atoms with Crippen LogP contribution in [-0.4, -0.2) is 23.0 Å². The first kappa shape index (κ1) is 15.7. The number of carbonyl (C=O) groups excluding carboxylic acids is 1. The van der Waals surface area contributed by atoms with E-state index in [0.29, 0.717) is 12.0 Å². The van der Waals surface area contributed by atoms with Crippen LogP contribution in [0.15, 0.2) is 22.7 Å². The van der Waals surface area contributed by atoms with Crippen LogP contribution in [0, 0.1) is 6.92 Å². The van der Waals surface area contributed by atoms with Crippen LogP contribution < -0.4 is 5.32 Å². The van der Waals surface area contributed by atoms with Gasteiger partial charge in [0.15, 0.2) is 0 Å². The summed E-state index contributed by atoms with van der Waals surface area (Å²) in [6, 6.07) is 5.07. The van der Waals surface area contributed by atoms with Crippen LogP contribution in [0.25, 0.3) is 0 Å². The van der Waals surface area contributed by atoms with Gasteiger partial charge < -0.3 is 10.4 Å². The minimum absolute atomic E-state index is 0.0490. The molecule has 19 heavy (non-hydrogen) atoms. The Balaban J connectivity index is 2.81. The number of hydrogen-bond acceptors (Lipinski definition) is 2. The summed E-state index contributed by atoms with van der Waals surface area (Å²) in [5, 5.41) is 11.6. The molecule has 0 aliphatic heterocycles. The van der Waals surface area contributed by atoms with Crippen LogP contribution in [0.2, 0.25) is 0 Å². The van der Waals surface area contributed by atoms with Gasteiger partial charge in [0, 0.05) is 16.1 Å². The quantitative estimate of drug-likeness (QED) is 0.843.